The summed E-state index contributed by atoms with van der Waals surface area (Å²) in [4.78, 5) is 15.0. The minimum absolute atomic E-state index is 0.0203. The Morgan fingerprint density at radius 3 is 2.60 bits per heavy atom. The monoisotopic (exact) mass is 292 g/mol. The lowest BCUT2D eigenvalue weighted by atomic mass is 9.96. The number of nitrogens with two attached hydrogens (primary N) is 1. The second-order valence-corrected chi connectivity index (χ2v) is 5.64. The molecule has 0 radical (unpaired) electrons. The van der Waals surface area contributed by atoms with Crippen molar-refractivity contribution in [1.82, 2.24) is 4.90 Å². The summed E-state index contributed by atoms with van der Waals surface area (Å²) in [7, 11) is 1.58. The van der Waals surface area contributed by atoms with Crippen LogP contribution in [0, 0.1) is 12.8 Å². The Bertz CT molecular complexity index is 523. The van der Waals surface area contributed by atoms with E-state index < -0.39 is 0 Å². The Kier molecular flexibility index (Phi) is 4.60. The zero-order valence-electron chi connectivity index (χ0n) is 11.9. The molecule has 108 valence electrons. The van der Waals surface area contributed by atoms with E-state index in [1.807, 2.05) is 30.0 Å². The molecule has 1 fully saturated rings. The minimum Gasteiger partial charge on any atom is -0.496 e. The van der Waals surface area contributed by atoms with Gasteiger partial charge in [-0.1, -0.05) is 23.8 Å². The molecule has 0 unspecified atom stereocenters. The van der Waals surface area contributed by atoms with Gasteiger partial charge in [0.1, 0.15) is 5.75 Å². The van der Waals surface area contributed by atoms with Gasteiger partial charge in [-0.25, -0.2) is 0 Å². The van der Waals surface area contributed by atoms with Gasteiger partial charge in [0.05, 0.1) is 17.7 Å². The molecule has 2 rings (SSSR count). The largest absolute Gasteiger partial charge is 0.496 e. The van der Waals surface area contributed by atoms with Crippen LogP contribution in [0.4, 0.5) is 0 Å². The average Bonchev–Trinajstić information content (AvgIpc) is 2.46. The highest BCUT2D eigenvalue weighted by Gasteiger charge is 2.26. The van der Waals surface area contributed by atoms with Crippen molar-refractivity contribution in [2.75, 3.05) is 20.2 Å². The molecule has 1 amide bonds. The molecule has 5 heteroatoms. The number of likely N-dealkylation sites (tertiary alicyclic amines) is 1. The molecule has 0 atom stereocenters. The van der Waals surface area contributed by atoms with Crippen molar-refractivity contribution in [1.29, 1.82) is 0 Å². The number of carbonyl (C=O) groups is 1. The lowest BCUT2D eigenvalue weighted by Crippen LogP contribution is -2.41. The van der Waals surface area contributed by atoms with Gasteiger partial charge >= 0.3 is 0 Å². The highest BCUT2D eigenvalue weighted by molar-refractivity contribution is 7.80. The number of thiocarbonyl (C=S) groups is 1. The summed E-state index contributed by atoms with van der Waals surface area (Å²) in [6, 6.07) is 5.65. The number of rotatable bonds is 3. The fourth-order valence-electron chi connectivity index (χ4n) is 2.53. The van der Waals surface area contributed by atoms with Crippen LogP contribution in [0.2, 0.25) is 0 Å². The number of aryl methyl sites for hydroxylation is 1. The van der Waals surface area contributed by atoms with Crippen molar-refractivity contribution in [2.45, 2.75) is 19.8 Å². The molecule has 1 aromatic rings. The maximum atomic E-state index is 12.6. The number of hydrogen-bond acceptors (Lipinski definition) is 3. The molecule has 0 spiro atoms. The molecule has 1 aliphatic heterocycles. The smallest absolute Gasteiger partial charge is 0.257 e. The van der Waals surface area contributed by atoms with Gasteiger partial charge in [-0.2, -0.15) is 0 Å². The summed E-state index contributed by atoms with van der Waals surface area (Å²) in [5.74, 6) is 0.900. The van der Waals surface area contributed by atoms with Crippen LogP contribution in [0.5, 0.6) is 5.75 Å². The molecule has 0 aromatic heterocycles. The van der Waals surface area contributed by atoms with E-state index >= 15 is 0 Å². The number of benzene rings is 1. The molecule has 1 aromatic carbocycles. The van der Waals surface area contributed by atoms with Crippen LogP contribution in [0.15, 0.2) is 18.2 Å². The number of piperidine rings is 1. The van der Waals surface area contributed by atoms with E-state index in [0.717, 1.165) is 18.4 Å². The number of carbonyl (C=O) groups excluding carboxylic acids is 1. The Hall–Kier alpha value is -1.62. The van der Waals surface area contributed by atoms with Gasteiger partial charge in [-0.3, -0.25) is 4.79 Å². The second-order valence-electron chi connectivity index (χ2n) is 5.17. The minimum atomic E-state index is 0.0203. The van der Waals surface area contributed by atoms with Crippen LogP contribution in [-0.2, 0) is 0 Å². The van der Waals surface area contributed by atoms with Gasteiger partial charge in [-0.15, -0.1) is 0 Å². The summed E-state index contributed by atoms with van der Waals surface area (Å²) in [5, 5.41) is 0. The van der Waals surface area contributed by atoms with Gasteiger partial charge in [-0.05, 0) is 31.9 Å². The topological polar surface area (TPSA) is 55.6 Å². The Morgan fingerprint density at radius 2 is 2.05 bits per heavy atom. The van der Waals surface area contributed by atoms with Crippen LogP contribution >= 0.6 is 12.2 Å². The molecule has 1 heterocycles. The number of amides is 1. The first-order chi connectivity index (χ1) is 9.52. The number of hydrogen-bond donors (Lipinski definition) is 1. The molecular formula is C15H20N2O2S. The zero-order valence-corrected chi connectivity index (χ0v) is 12.7. The van der Waals surface area contributed by atoms with Crippen LogP contribution in [0.3, 0.4) is 0 Å². The quantitative estimate of drug-likeness (QED) is 0.867. The van der Waals surface area contributed by atoms with E-state index in [9.17, 15) is 4.79 Å². The molecule has 1 aliphatic rings. The lowest BCUT2D eigenvalue weighted by molar-refractivity contribution is 0.0707. The third kappa shape index (κ3) is 3.10. The van der Waals surface area contributed by atoms with E-state index in [1.54, 1.807) is 7.11 Å². The fourth-order valence-corrected chi connectivity index (χ4v) is 2.76. The standard InChI is InChI=1S/C15H20N2O2S/c1-10-3-4-13(19-2)12(9-10)15(18)17-7-5-11(6-8-17)14(16)20/h3-4,9,11H,5-8H2,1-2H3,(H2,16,20). The van der Waals surface area contributed by atoms with E-state index in [1.165, 1.54) is 0 Å². The molecular weight excluding hydrogens is 272 g/mol. The highest BCUT2D eigenvalue weighted by atomic mass is 32.1. The van der Waals surface area contributed by atoms with Gasteiger partial charge in [0.2, 0.25) is 0 Å². The molecule has 2 N–H and O–H groups in total. The maximum Gasteiger partial charge on any atom is 0.257 e. The summed E-state index contributed by atoms with van der Waals surface area (Å²) < 4.78 is 5.28. The van der Waals surface area contributed by atoms with Gasteiger partial charge in [0.25, 0.3) is 5.91 Å². The molecule has 4 nitrogen and oxygen atoms in total. The van der Waals surface area contributed by atoms with Gasteiger partial charge in [0.15, 0.2) is 0 Å². The van der Waals surface area contributed by atoms with Crippen LogP contribution in [0.25, 0.3) is 0 Å². The highest BCUT2D eigenvalue weighted by Crippen LogP contribution is 2.24. The predicted molar refractivity (Wildman–Crippen MR) is 83.1 cm³/mol. The van der Waals surface area contributed by atoms with E-state index in [2.05, 4.69) is 0 Å². The lowest BCUT2D eigenvalue weighted by Gasteiger charge is -2.31. The molecule has 1 saturated heterocycles. The summed E-state index contributed by atoms with van der Waals surface area (Å²) in [5.41, 5.74) is 7.35. The number of nitrogens with zero attached hydrogens (tertiary/aromatic N) is 1. The van der Waals surface area contributed by atoms with Crippen LogP contribution in [0.1, 0.15) is 28.8 Å². The van der Waals surface area contributed by atoms with Crippen molar-refractivity contribution in [3.63, 3.8) is 0 Å². The Morgan fingerprint density at radius 1 is 1.40 bits per heavy atom. The van der Waals surface area contributed by atoms with Crippen molar-refractivity contribution in [3.8, 4) is 5.75 Å². The van der Waals surface area contributed by atoms with E-state index in [4.69, 9.17) is 22.7 Å². The maximum absolute atomic E-state index is 12.6. The number of ether oxygens (including phenoxy) is 1. The average molecular weight is 292 g/mol. The fraction of sp³-hybridized carbons (Fsp3) is 0.467. The normalized spacial score (nSPS) is 16.0. The first-order valence-corrected chi connectivity index (χ1v) is 7.17. The Labute approximate surface area is 124 Å². The van der Waals surface area contributed by atoms with Gasteiger partial charge < -0.3 is 15.4 Å². The van der Waals surface area contributed by atoms with E-state index in [-0.39, 0.29) is 11.8 Å². The third-order valence-corrected chi connectivity index (χ3v) is 4.10. The van der Waals surface area contributed by atoms with Crippen LogP contribution < -0.4 is 10.5 Å². The first kappa shape index (κ1) is 14.8. The molecule has 20 heavy (non-hydrogen) atoms. The van der Waals surface area contributed by atoms with E-state index in [0.29, 0.717) is 29.4 Å². The molecule has 0 aliphatic carbocycles. The van der Waals surface area contributed by atoms with Crippen LogP contribution in [-0.4, -0.2) is 36.0 Å². The SMILES string of the molecule is COc1ccc(C)cc1C(=O)N1CCC(C(N)=S)CC1. The summed E-state index contributed by atoms with van der Waals surface area (Å²) in [6.45, 7) is 3.35. The first-order valence-electron chi connectivity index (χ1n) is 6.76. The van der Waals surface area contributed by atoms with Crippen molar-refractivity contribution < 1.29 is 9.53 Å². The van der Waals surface area contributed by atoms with Crippen molar-refractivity contribution in [2.24, 2.45) is 11.7 Å². The Balaban J connectivity index is 2.13. The van der Waals surface area contributed by atoms with Crippen molar-refractivity contribution in [3.05, 3.63) is 29.3 Å². The summed E-state index contributed by atoms with van der Waals surface area (Å²) >= 11 is 5.02. The molecule has 0 saturated carbocycles. The van der Waals surface area contributed by atoms with Crippen molar-refractivity contribution >= 4 is 23.1 Å². The predicted octanol–water partition coefficient (Wildman–Crippen LogP) is 2.14. The second kappa shape index (κ2) is 6.22. The third-order valence-electron chi connectivity index (χ3n) is 3.77. The molecule has 0 bridgehead atoms. The number of methoxy groups -OCH3 is 1. The zero-order chi connectivity index (χ0) is 14.7. The summed E-state index contributed by atoms with van der Waals surface area (Å²) in [6.07, 6.45) is 1.68. The van der Waals surface area contributed by atoms with Gasteiger partial charge in [0, 0.05) is 19.0 Å².